The van der Waals surface area contributed by atoms with Gasteiger partial charge in [0.05, 0.1) is 17.9 Å². The lowest BCUT2D eigenvalue weighted by Gasteiger charge is -2.03. The zero-order chi connectivity index (χ0) is 17.3. The summed E-state index contributed by atoms with van der Waals surface area (Å²) in [7, 11) is 1.86. The number of carbonyl (C=O) groups is 1. The molecule has 0 aliphatic heterocycles. The van der Waals surface area contributed by atoms with Crippen LogP contribution in [0.1, 0.15) is 39.0 Å². The third kappa shape index (κ3) is 3.40. The molecule has 7 nitrogen and oxygen atoms in total. The van der Waals surface area contributed by atoms with Gasteiger partial charge < -0.3 is 9.73 Å². The predicted octanol–water partition coefficient (Wildman–Crippen LogP) is 2.11. The molecule has 0 aliphatic rings. The van der Waals surface area contributed by atoms with Crippen LogP contribution in [0.2, 0.25) is 0 Å². The fourth-order valence-corrected chi connectivity index (χ4v) is 2.65. The smallest absolute Gasteiger partial charge is 0.287 e. The molecule has 0 atom stereocenters. The minimum absolute atomic E-state index is 0.238. The van der Waals surface area contributed by atoms with Crippen molar-refractivity contribution in [1.82, 2.24) is 24.9 Å². The van der Waals surface area contributed by atoms with Gasteiger partial charge in [0.25, 0.3) is 5.91 Å². The van der Waals surface area contributed by atoms with Crippen molar-refractivity contribution in [3.8, 4) is 0 Å². The zero-order valence-corrected chi connectivity index (χ0v) is 14.3. The highest BCUT2D eigenvalue weighted by atomic mass is 16.4. The molecule has 0 radical (unpaired) electrons. The molecule has 1 amide bonds. The molecule has 3 aromatic heterocycles. The third-order valence-corrected chi connectivity index (χ3v) is 3.85. The Morgan fingerprint density at radius 2 is 2.04 bits per heavy atom. The van der Waals surface area contributed by atoms with Crippen molar-refractivity contribution >= 4 is 5.91 Å². The average molecular weight is 327 g/mol. The van der Waals surface area contributed by atoms with E-state index >= 15 is 0 Å². The summed E-state index contributed by atoms with van der Waals surface area (Å²) in [6.45, 7) is 6.79. The summed E-state index contributed by atoms with van der Waals surface area (Å²) < 4.78 is 9.23. The number of rotatable bonds is 5. The summed E-state index contributed by atoms with van der Waals surface area (Å²) in [5.74, 6) is 0.759. The summed E-state index contributed by atoms with van der Waals surface area (Å²) >= 11 is 0. The minimum Gasteiger partial charge on any atom is -0.454 e. The Balaban J connectivity index is 1.63. The molecular formula is C17H21N5O2. The zero-order valence-electron chi connectivity index (χ0n) is 14.3. The molecule has 0 aromatic carbocycles. The number of nitrogens with one attached hydrogen (secondary N) is 1. The maximum absolute atomic E-state index is 12.2. The van der Waals surface area contributed by atoms with Crippen LogP contribution >= 0.6 is 0 Å². The van der Waals surface area contributed by atoms with E-state index in [-0.39, 0.29) is 5.91 Å². The fraction of sp³-hybridized carbons (Fsp3) is 0.353. The molecule has 7 heteroatoms. The number of nitrogens with zero attached hydrogens (tertiary/aromatic N) is 4. The summed E-state index contributed by atoms with van der Waals surface area (Å²) in [6, 6.07) is 5.50. The molecule has 3 rings (SSSR count). The third-order valence-electron chi connectivity index (χ3n) is 3.85. The van der Waals surface area contributed by atoms with E-state index in [4.69, 9.17) is 4.42 Å². The van der Waals surface area contributed by atoms with Crippen LogP contribution < -0.4 is 5.32 Å². The van der Waals surface area contributed by atoms with Gasteiger partial charge in [0.2, 0.25) is 0 Å². The lowest BCUT2D eigenvalue weighted by atomic mass is 10.2. The van der Waals surface area contributed by atoms with Crippen LogP contribution in [-0.2, 0) is 20.1 Å². The van der Waals surface area contributed by atoms with Gasteiger partial charge in [0, 0.05) is 31.0 Å². The molecule has 0 saturated heterocycles. The van der Waals surface area contributed by atoms with Gasteiger partial charge in [-0.25, -0.2) is 0 Å². The van der Waals surface area contributed by atoms with Gasteiger partial charge in [-0.1, -0.05) is 0 Å². The number of furan rings is 1. The molecule has 0 aliphatic carbocycles. The molecule has 1 N–H and O–H groups in total. The SMILES string of the molecule is Cc1cc(C)n(Cc2ccc(C(=O)NCc3cn(C)nc3C)o2)n1. The molecule has 3 heterocycles. The first-order valence-electron chi connectivity index (χ1n) is 7.79. The highest BCUT2D eigenvalue weighted by Gasteiger charge is 2.13. The van der Waals surface area contributed by atoms with E-state index < -0.39 is 0 Å². The van der Waals surface area contributed by atoms with Crippen LogP contribution in [0.5, 0.6) is 0 Å². The maximum Gasteiger partial charge on any atom is 0.287 e. The van der Waals surface area contributed by atoms with E-state index in [0.29, 0.717) is 24.6 Å². The van der Waals surface area contributed by atoms with Crippen molar-refractivity contribution in [3.63, 3.8) is 0 Å². The van der Waals surface area contributed by atoms with E-state index in [9.17, 15) is 4.79 Å². The van der Waals surface area contributed by atoms with E-state index in [0.717, 1.165) is 22.6 Å². The Hall–Kier alpha value is -2.83. The first kappa shape index (κ1) is 16.0. The first-order valence-corrected chi connectivity index (χ1v) is 7.79. The number of aromatic nitrogens is 4. The number of aryl methyl sites for hydroxylation is 4. The van der Waals surface area contributed by atoms with Gasteiger partial charge in [0.1, 0.15) is 5.76 Å². The van der Waals surface area contributed by atoms with Gasteiger partial charge in [-0.2, -0.15) is 10.2 Å². The number of amides is 1. The minimum atomic E-state index is -0.238. The van der Waals surface area contributed by atoms with Gasteiger partial charge in [-0.15, -0.1) is 0 Å². The van der Waals surface area contributed by atoms with Crippen molar-refractivity contribution in [1.29, 1.82) is 0 Å². The van der Waals surface area contributed by atoms with Crippen molar-refractivity contribution in [2.45, 2.75) is 33.9 Å². The van der Waals surface area contributed by atoms with Crippen molar-refractivity contribution < 1.29 is 9.21 Å². The average Bonchev–Trinajstić information content (AvgIpc) is 3.18. The summed E-state index contributed by atoms with van der Waals surface area (Å²) in [5, 5.41) is 11.5. The summed E-state index contributed by atoms with van der Waals surface area (Å²) in [5.41, 5.74) is 3.91. The Kier molecular flexibility index (Phi) is 4.24. The molecule has 0 saturated carbocycles. The van der Waals surface area contributed by atoms with Crippen LogP contribution in [-0.4, -0.2) is 25.5 Å². The Bertz CT molecular complexity index is 872. The molecule has 0 unspecified atom stereocenters. The van der Waals surface area contributed by atoms with Gasteiger partial charge in [0.15, 0.2) is 5.76 Å². The molecule has 0 fully saturated rings. The van der Waals surface area contributed by atoms with Crippen molar-refractivity contribution in [2.75, 3.05) is 0 Å². The van der Waals surface area contributed by atoms with E-state index in [1.807, 2.05) is 44.8 Å². The van der Waals surface area contributed by atoms with Crippen LogP contribution in [0.4, 0.5) is 0 Å². The Labute approximate surface area is 140 Å². The van der Waals surface area contributed by atoms with Crippen LogP contribution in [0, 0.1) is 20.8 Å². The number of hydrogen-bond acceptors (Lipinski definition) is 4. The molecule has 126 valence electrons. The number of carbonyl (C=O) groups excluding carboxylic acids is 1. The first-order chi connectivity index (χ1) is 11.4. The summed E-state index contributed by atoms with van der Waals surface area (Å²) in [4.78, 5) is 12.2. The van der Waals surface area contributed by atoms with Crippen molar-refractivity contribution in [3.05, 3.63) is 58.6 Å². The quantitative estimate of drug-likeness (QED) is 0.778. The lowest BCUT2D eigenvalue weighted by Crippen LogP contribution is -2.22. The Morgan fingerprint density at radius 3 is 2.67 bits per heavy atom. The standard InChI is InChI=1S/C17H21N5O2/c1-11-7-12(2)22(19-11)10-15-5-6-16(24-15)17(23)18-8-14-9-21(4)20-13(14)3/h5-7,9H,8,10H2,1-4H3,(H,18,23). The lowest BCUT2D eigenvalue weighted by molar-refractivity contribution is 0.0921. The highest BCUT2D eigenvalue weighted by molar-refractivity contribution is 5.91. The van der Waals surface area contributed by atoms with Gasteiger partial charge >= 0.3 is 0 Å². The molecule has 0 spiro atoms. The fourth-order valence-electron chi connectivity index (χ4n) is 2.65. The van der Waals surface area contributed by atoms with E-state index in [1.54, 1.807) is 16.8 Å². The highest BCUT2D eigenvalue weighted by Crippen LogP contribution is 2.12. The van der Waals surface area contributed by atoms with Crippen LogP contribution in [0.3, 0.4) is 0 Å². The van der Waals surface area contributed by atoms with Gasteiger partial charge in [-0.05, 0) is 39.0 Å². The normalized spacial score (nSPS) is 11.0. The van der Waals surface area contributed by atoms with Crippen molar-refractivity contribution in [2.24, 2.45) is 7.05 Å². The van der Waals surface area contributed by atoms with Crippen LogP contribution in [0.25, 0.3) is 0 Å². The second-order valence-electron chi connectivity index (χ2n) is 5.95. The molecule has 3 aromatic rings. The second kappa shape index (κ2) is 6.35. The maximum atomic E-state index is 12.2. The summed E-state index contributed by atoms with van der Waals surface area (Å²) in [6.07, 6.45) is 1.89. The molecule has 24 heavy (non-hydrogen) atoms. The van der Waals surface area contributed by atoms with E-state index in [2.05, 4.69) is 15.5 Å². The topological polar surface area (TPSA) is 77.9 Å². The van der Waals surface area contributed by atoms with Crippen LogP contribution in [0.15, 0.2) is 28.8 Å². The molecular weight excluding hydrogens is 306 g/mol. The second-order valence-corrected chi connectivity index (χ2v) is 5.95. The van der Waals surface area contributed by atoms with E-state index in [1.165, 1.54) is 0 Å². The van der Waals surface area contributed by atoms with Gasteiger partial charge in [-0.3, -0.25) is 14.2 Å². The molecule has 0 bridgehead atoms. The predicted molar refractivity (Wildman–Crippen MR) is 88.6 cm³/mol. The largest absolute Gasteiger partial charge is 0.454 e. The number of hydrogen-bond donors (Lipinski definition) is 1. The Morgan fingerprint density at radius 1 is 1.25 bits per heavy atom. The monoisotopic (exact) mass is 327 g/mol.